The summed E-state index contributed by atoms with van der Waals surface area (Å²) in [5.74, 6) is -3.64. The molecule has 0 bridgehead atoms. The maximum absolute atomic E-state index is 13.7. The second-order valence-corrected chi connectivity index (χ2v) is 4.10. The Hall–Kier alpha value is -1.65. The van der Waals surface area contributed by atoms with Crippen molar-refractivity contribution in [2.45, 2.75) is 25.2 Å². The molecule has 1 aromatic rings. The third-order valence-electron chi connectivity index (χ3n) is 3.15. The fourth-order valence-corrected chi connectivity index (χ4v) is 2.07. The van der Waals surface area contributed by atoms with Gasteiger partial charge in [-0.1, -0.05) is 6.42 Å². The van der Waals surface area contributed by atoms with Crippen molar-refractivity contribution < 1.29 is 23.4 Å². The van der Waals surface area contributed by atoms with Crippen molar-refractivity contribution in [1.29, 1.82) is 0 Å². The second kappa shape index (κ2) is 4.31. The Balaban J connectivity index is 2.64. The van der Waals surface area contributed by atoms with Crippen LogP contribution in [0.3, 0.4) is 0 Å². The number of ether oxygens (including phenoxy) is 1. The van der Waals surface area contributed by atoms with Crippen LogP contribution < -0.4 is 4.74 Å². The molecule has 0 heterocycles. The number of carboxylic acids is 1. The predicted molar refractivity (Wildman–Crippen MR) is 56.5 cm³/mol. The van der Waals surface area contributed by atoms with Crippen LogP contribution in [-0.2, 0) is 0 Å². The zero-order chi connectivity index (χ0) is 12.6. The molecule has 1 fully saturated rings. The molecule has 0 atom stereocenters. The van der Waals surface area contributed by atoms with Crippen LogP contribution in [0.25, 0.3) is 0 Å². The lowest BCUT2D eigenvalue weighted by atomic mass is 9.78. The number of carboxylic acid groups (broad SMARTS) is 1. The predicted octanol–water partition coefficient (Wildman–Crippen LogP) is 2.94. The van der Waals surface area contributed by atoms with Crippen molar-refractivity contribution >= 4 is 5.97 Å². The molecule has 1 aliphatic carbocycles. The summed E-state index contributed by atoms with van der Waals surface area (Å²) in [5, 5.41) is 8.94. The van der Waals surface area contributed by atoms with Gasteiger partial charge in [-0.15, -0.1) is 0 Å². The van der Waals surface area contributed by atoms with E-state index in [0.29, 0.717) is 6.07 Å². The molecule has 0 amide bonds. The van der Waals surface area contributed by atoms with E-state index in [1.54, 1.807) is 0 Å². The molecule has 92 valence electrons. The fourth-order valence-electron chi connectivity index (χ4n) is 2.07. The maximum atomic E-state index is 13.7. The van der Waals surface area contributed by atoms with Gasteiger partial charge in [0.05, 0.1) is 7.11 Å². The Bertz CT molecular complexity index is 467. The van der Waals surface area contributed by atoms with Gasteiger partial charge in [0.15, 0.2) is 11.6 Å². The van der Waals surface area contributed by atoms with Gasteiger partial charge in [0.1, 0.15) is 11.3 Å². The molecule has 0 saturated heterocycles. The van der Waals surface area contributed by atoms with E-state index in [9.17, 15) is 13.6 Å². The van der Waals surface area contributed by atoms with Gasteiger partial charge in [0, 0.05) is 5.56 Å². The highest BCUT2D eigenvalue weighted by atomic mass is 19.2. The second-order valence-electron chi connectivity index (χ2n) is 4.10. The van der Waals surface area contributed by atoms with E-state index in [4.69, 9.17) is 9.84 Å². The van der Waals surface area contributed by atoms with Crippen LogP contribution in [0.4, 0.5) is 8.78 Å². The molecule has 0 aliphatic heterocycles. The summed E-state index contributed by atoms with van der Waals surface area (Å²) in [6, 6.07) is 0.665. The standard InChI is InChI=1S/C12H12F2O3/c1-17-11-7(12(15)16)5-8(13)10(14)9(11)6-3-2-4-6/h5-6H,2-4H2,1H3,(H,15,16). The number of halogens is 2. The first-order chi connectivity index (χ1) is 8.06. The minimum absolute atomic E-state index is 0.0545. The Labute approximate surface area is 97.0 Å². The molecular formula is C12H12F2O3. The molecule has 0 aromatic heterocycles. The Morgan fingerprint density at radius 3 is 2.53 bits per heavy atom. The normalized spacial score (nSPS) is 15.5. The van der Waals surface area contributed by atoms with E-state index in [1.165, 1.54) is 7.11 Å². The lowest BCUT2D eigenvalue weighted by Crippen LogP contribution is -2.16. The molecule has 1 aromatic carbocycles. The molecule has 1 N–H and O–H groups in total. The van der Waals surface area contributed by atoms with E-state index in [1.807, 2.05) is 0 Å². The van der Waals surface area contributed by atoms with E-state index in [2.05, 4.69) is 0 Å². The molecule has 0 unspecified atom stereocenters. The maximum Gasteiger partial charge on any atom is 0.339 e. The summed E-state index contributed by atoms with van der Waals surface area (Å²) >= 11 is 0. The monoisotopic (exact) mass is 242 g/mol. The van der Waals surface area contributed by atoms with E-state index in [0.717, 1.165) is 19.3 Å². The summed E-state index contributed by atoms with van der Waals surface area (Å²) in [6.45, 7) is 0. The lowest BCUT2D eigenvalue weighted by molar-refractivity contribution is 0.0692. The molecule has 3 nitrogen and oxygen atoms in total. The summed E-state index contributed by atoms with van der Waals surface area (Å²) in [6.07, 6.45) is 2.40. The average Bonchev–Trinajstić information content (AvgIpc) is 2.21. The zero-order valence-electron chi connectivity index (χ0n) is 9.30. The van der Waals surface area contributed by atoms with Gasteiger partial charge in [-0.25, -0.2) is 13.6 Å². The van der Waals surface area contributed by atoms with Crippen LogP contribution in [0.5, 0.6) is 5.75 Å². The Kier molecular flexibility index (Phi) is 3.00. The summed E-state index contributed by atoms with van der Waals surface area (Å²) in [4.78, 5) is 11.0. The van der Waals surface area contributed by atoms with Crippen LogP contribution in [-0.4, -0.2) is 18.2 Å². The Morgan fingerprint density at radius 2 is 2.12 bits per heavy atom. The topological polar surface area (TPSA) is 46.5 Å². The SMILES string of the molecule is COc1c(C(=O)O)cc(F)c(F)c1C1CCC1. The molecule has 5 heteroatoms. The van der Waals surface area contributed by atoms with E-state index in [-0.39, 0.29) is 22.8 Å². The van der Waals surface area contributed by atoms with Crippen LogP contribution in [0.1, 0.15) is 41.1 Å². The summed E-state index contributed by atoms with van der Waals surface area (Å²) in [5.41, 5.74) is -0.260. The van der Waals surface area contributed by atoms with Crippen molar-refractivity contribution in [1.82, 2.24) is 0 Å². The lowest BCUT2D eigenvalue weighted by Gasteiger charge is -2.28. The van der Waals surface area contributed by atoms with Gasteiger partial charge in [-0.3, -0.25) is 0 Å². The van der Waals surface area contributed by atoms with Gasteiger partial charge in [-0.2, -0.15) is 0 Å². The highest BCUT2D eigenvalue weighted by molar-refractivity contribution is 5.91. The number of rotatable bonds is 3. The first-order valence-electron chi connectivity index (χ1n) is 5.35. The highest BCUT2D eigenvalue weighted by Crippen LogP contribution is 2.44. The van der Waals surface area contributed by atoms with Crippen molar-refractivity contribution in [3.8, 4) is 5.75 Å². The minimum Gasteiger partial charge on any atom is -0.495 e. The van der Waals surface area contributed by atoms with Crippen LogP contribution in [0.15, 0.2) is 6.07 Å². The van der Waals surface area contributed by atoms with Gasteiger partial charge in [0.2, 0.25) is 0 Å². The van der Waals surface area contributed by atoms with Crippen LogP contribution >= 0.6 is 0 Å². The number of benzene rings is 1. The number of carbonyl (C=O) groups is 1. The molecule has 2 rings (SSSR count). The van der Waals surface area contributed by atoms with E-state index >= 15 is 0 Å². The van der Waals surface area contributed by atoms with Crippen molar-refractivity contribution in [2.75, 3.05) is 7.11 Å². The largest absolute Gasteiger partial charge is 0.495 e. The van der Waals surface area contributed by atoms with Gasteiger partial charge in [-0.05, 0) is 24.8 Å². The Morgan fingerprint density at radius 1 is 1.47 bits per heavy atom. The molecule has 0 radical (unpaired) electrons. The van der Waals surface area contributed by atoms with Crippen molar-refractivity contribution in [2.24, 2.45) is 0 Å². The van der Waals surface area contributed by atoms with Crippen molar-refractivity contribution in [3.63, 3.8) is 0 Å². The number of hydrogen-bond acceptors (Lipinski definition) is 2. The number of methoxy groups -OCH3 is 1. The number of aromatic carboxylic acids is 1. The number of hydrogen-bond donors (Lipinski definition) is 1. The van der Waals surface area contributed by atoms with E-state index < -0.39 is 17.6 Å². The molecular weight excluding hydrogens is 230 g/mol. The van der Waals surface area contributed by atoms with Gasteiger partial charge < -0.3 is 9.84 Å². The van der Waals surface area contributed by atoms with Crippen molar-refractivity contribution in [3.05, 3.63) is 28.8 Å². The zero-order valence-corrected chi connectivity index (χ0v) is 9.30. The summed E-state index contributed by atoms with van der Waals surface area (Å²) < 4.78 is 32.0. The smallest absolute Gasteiger partial charge is 0.339 e. The molecule has 1 aliphatic rings. The molecule has 17 heavy (non-hydrogen) atoms. The van der Waals surface area contributed by atoms with Crippen LogP contribution in [0.2, 0.25) is 0 Å². The van der Waals surface area contributed by atoms with Gasteiger partial charge >= 0.3 is 5.97 Å². The fraction of sp³-hybridized carbons (Fsp3) is 0.417. The van der Waals surface area contributed by atoms with Gasteiger partial charge in [0.25, 0.3) is 0 Å². The van der Waals surface area contributed by atoms with Crippen LogP contribution in [0, 0.1) is 11.6 Å². The minimum atomic E-state index is -1.32. The average molecular weight is 242 g/mol. The first kappa shape index (κ1) is 11.8. The third-order valence-corrected chi connectivity index (χ3v) is 3.15. The highest BCUT2D eigenvalue weighted by Gasteiger charge is 2.31. The summed E-state index contributed by atoms with van der Waals surface area (Å²) in [7, 11) is 1.27. The first-order valence-corrected chi connectivity index (χ1v) is 5.35. The quantitative estimate of drug-likeness (QED) is 0.886. The molecule has 0 spiro atoms. The third kappa shape index (κ3) is 1.85. The molecule has 1 saturated carbocycles.